The zero-order valence-corrected chi connectivity index (χ0v) is 7.64. The minimum atomic E-state index is -1.40. The molecule has 1 aliphatic carbocycles. The largest absolute Gasteiger partial charge is 0.507 e. The van der Waals surface area contributed by atoms with E-state index in [0.29, 0.717) is 11.6 Å². The van der Waals surface area contributed by atoms with E-state index in [4.69, 9.17) is 10.0 Å². The summed E-state index contributed by atoms with van der Waals surface area (Å²) in [7, 11) is -1.40. The fourth-order valence-electron chi connectivity index (χ4n) is 1.44. The second kappa shape index (κ2) is 3.16. The third-order valence-corrected chi connectivity index (χ3v) is 2.33. The maximum atomic E-state index is 9.08. The summed E-state index contributed by atoms with van der Waals surface area (Å²) in [5.74, 6) is 0. The molecule has 0 saturated heterocycles. The van der Waals surface area contributed by atoms with Crippen LogP contribution in [0.15, 0.2) is 6.07 Å². The summed E-state index contributed by atoms with van der Waals surface area (Å²) >= 11 is 0. The second-order valence-corrected chi connectivity index (χ2v) is 3.46. The van der Waals surface area contributed by atoms with Crippen molar-refractivity contribution in [3.05, 3.63) is 11.8 Å². The van der Waals surface area contributed by atoms with Crippen molar-refractivity contribution in [2.75, 3.05) is 0 Å². The van der Waals surface area contributed by atoms with Gasteiger partial charge in [0.05, 0.1) is 17.3 Å². The van der Waals surface area contributed by atoms with Gasteiger partial charge in [-0.2, -0.15) is 5.10 Å². The van der Waals surface area contributed by atoms with E-state index in [1.807, 2.05) is 6.92 Å². The highest BCUT2D eigenvalue weighted by Gasteiger charge is 2.30. The zero-order chi connectivity index (χ0) is 9.42. The third kappa shape index (κ3) is 1.62. The van der Waals surface area contributed by atoms with Crippen LogP contribution < -0.4 is 5.59 Å². The SMILES string of the molecule is CCc1cc(B(O)O)n(C2CC2)n1. The van der Waals surface area contributed by atoms with Crippen molar-refractivity contribution in [3.63, 3.8) is 0 Å². The van der Waals surface area contributed by atoms with E-state index in [-0.39, 0.29) is 0 Å². The maximum absolute atomic E-state index is 9.08. The molecule has 0 amide bonds. The summed E-state index contributed by atoms with van der Waals surface area (Å²) in [6.45, 7) is 2.01. The molecule has 1 aromatic rings. The summed E-state index contributed by atoms with van der Waals surface area (Å²) in [5, 5.41) is 22.5. The van der Waals surface area contributed by atoms with E-state index in [0.717, 1.165) is 25.0 Å². The van der Waals surface area contributed by atoms with Crippen molar-refractivity contribution in [1.29, 1.82) is 0 Å². The van der Waals surface area contributed by atoms with Gasteiger partial charge in [0.2, 0.25) is 0 Å². The van der Waals surface area contributed by atoms with E-state index in [1.165, 1.54) is 0 Å². The molecule has 5 heteroatoms. The van der Waals surface area contributed by atoms with Crippen molar-refractivity contribution in [2.45, 2.75) is 32.2 Å². The van der Waals surface area contributed by atoms with Crippen LogP contribution in [-0.4, -0.2) is 26.9 Å². The molecule has 2 N–H and O–H groups in total. The first-order valence-electron chi connectivity index (χ1n) is 4.66. The Kier molecular flexibility index (Phi) is 2.13. The number of aryl methyl sites for hydroxylation is 1. The highest BCUT2D eigenvalue weighted by molar-refractivity contribution is 6.57. The van der Waals surface area contributed by atoms with Gasteiger partial charge in [0.25, 0.3) is 0 Å². The highest BCUT2D eigenvalue weighted by Crippen LogP contribution is 2.33. The van der Waals surface area contributed by atoms with Gasteiger partial charge in [0.15, 0.2) is 0 Å². The number of aromatic nitrogens is 2. The quantitative estimate of drug-likeness (QED) is 0.614. The van der Waals surface area contributed by atoms with Gasteiger partial charge >= 0.3 is 7.12 Å². The van der Waals surface area contributed by atoms with Crippen molar-refractivity contribution < 1.29 is 10.0 Å². The molecule has 0 aromatic carbocycles. The Bertz CT molecular complexity index is 288. The first-order valence-corrected chi connectivity index (χ1v) is 4.66. The van der Waals surface area contributed by atoms with Gasteiger partial charge in [-0.25, -0.2) is 0 Å². The summed E-state index contributed by atoms with van der Waals surface area (Å²) in [6, 6.07) is 2.17. The van der Waals surface area contributed by atoms with E-state index < -0.39 is 7.12 Å². The van der Waals surface area contributed by atoms with Gasteiger partial charge in [-0.15, -0.1) is 0 Å². The molecule has 1 aromatic heterocycles. The van der Waals surface area contributed by atoms with Gasteiger partial charge in [-0.1, -0.05) is 6.92 Å². The lowest BCUT2D eigenvalue weighted by Crippen LogP contribution is -2.36. The van der Waals surface area contributed by atoms with Crippen LogP contribution in [-0.2, 0) is 6.42 Å². The number of hydrogen-bond acceptors (Lipinski definition) is 3. The van der Waals surface area contributed by atoms with Crippen LogP contribution in [0.4, 0.5) is 0 Å². The van der Waals surface area contributed by atoms with Crippen LogP contribution in [0.5, 0.6) is 0 Å². The molecule has 1 heterocycles. The minimum absolute atomic E-state index is 0.400. The number of hydrogen-bond donors (Lipinski definition) is 2. The lowest BCUT2D eigenvalue weighted by atomic mass is 9.85. The van der Waals surface area contributed by atoms with Crippen LogP contribution in [0.1, 0.15) is 31.5 Å². The lowest BCUT2D eigenvalue weighted by Gasteiger charge is -2.03. The molecule has 1 aliphatic rings. The fraction of sp³-hybridized carbons (Fsp3) is 0.625. The molecule has 0 bridgehead atoms. The van der Waals surface area contributed by atoms with Gasteiger partial charge in [0.1, 0.15) is 0 Å². The third-order valence-electron chi connectivity index (χ3n) is 2.33. The first kappa shape index (κ1) is 8.78. The fourth-order valence-corrected chi connectivity index (χ4v) is 1.44. The zero-order valence-electron chi connectivity index (χ0n) is 7.64. The second-order valence-electron chi connectivity index (χ2n) is 3.46. The summed E-state index contributed by atoms with van der Waals surface area (Å²) in [5.41, 5.74) is 1.45. The Balaban J connectivity index is 2.33. The highest BCUT2D eigenvalue weighted by atomic mass is 16.4. The Hall–Kier alpha value is -0.805. The van der Waals surface area contributed by atoms with Crippen LogP contribution in [0.2, 0.25) is 0 Å². The molecule has 0 unspecified atom stereocenters. The summed E-state index contributed by atoms with van der Waals surface area (Å²) in [6.07, 6.45) is 3.04. The van der Waals surface area contributed by atoms with E-state index in [9.17, 15) is 0 Å². The van der Waals surface area contributed by atoms with E-state index in [1.54, 1.807) is 10.7 Å². The predicted molar refractivity (Wildman–Crippen MR) is 49.7 cm³/mol. The minimum Gasteiger partial charge on any atom is -0.422 e. The first-order chi connectivity index (χ1) is 6.22. The van der Waals surface area contributed by atoms with Gasteiger partial charge in [-0.3, -0.25) is 4.68 Å². The van der Waals surface area contributed by atoms with Crippen molar-refractivity contribution in [2.24, 2.45) is 0 Å². The Morgan fingerprint density at radius 2 is 2.31 bits per heavy atom. The topological polar surface area (TPSA) is 58.3 Å². The number of nitrogens with zero attached hydrogens (tertiary/aromatic N) is 2. The molecule has 2 rings (SSSR count). The average Bonchev–Trinajstić information content (AvgIpc) is 2.84. The lowest BCUT2D eigenvalue weighted by molar-refractivity contribution is 0.419. The van der Waals surface area contributed by atoms with Gasteiger partial charge in [-0.05, 0) is 25.3 Å². The monoisotopic (exact) mass is 180 g/mol. The van der Waals surface area contributed by atoms with Crippen LogP contribution in [0.3, 0.4) is 0 Å². The number of rotatable bonds is 3. The average molecular weight is 180 g/mol. The maximum Gasteiger partial charge on any atom is 0.507 e. The van der Waals surface area contributed by atoms with Gasteiger partial charge < -0.3 is 10.0 Å². The summed E-state index contributed by atoms with van der Waals surface area (Å²) < 4.78 is 1.75. The summed E-state index contributed by atoms with van der Waals surface area (Å²) in [4.78, 5) is 0. The van der Waals surface area contributed by atoms with Crippen molar-refractivity contribution in [3.8, 4) is 0 Å². The molecular formula is C8H13BN2O2. The molecule has 0 spiro atoms. The standard InChI is InChI=1S/C8H13BN2O2/c1-2-6-5-8(9(12)13)11(10-6)7-3-4-7/h5,7,12-13H,2-4H2,1H3. The van der Waals surface area contributed by atoms with Crippen LogP contribution >= 0.6 is 0 Å². The molecule has 0 radical (unpaired) electrons. The van der Waals surface area contributed by atoms with Gasteiger partial charge in [0, 0.05) is 0 Å². The van der Waals surface area contributed by atoms with Crippen molar-refractivity contribution in [1.82, 2.24) is 9.78 Å². The Morgan fingerprint density at radius 1 is 1.62 bits per heavy atom. The Labute approximate surface area is 77.3 Å². The molecule has 1 fully saturated rings. The molecule has 0 atom stereocenters. The molecule has 70 valence electrons. The normalized spacial score (nSPS) is 16.2. The Morgan fingerprint density at radius 3 is 2.77 bits per heavy atom. The van der Waals surface area contributed by atoms with Crippen LogP contribution in [0, 0.1) is 0 Å². The molecule has 4 nitrogen and oxygen atoms in total. The predicted octanol–water partition coefficient (Wildman–Crippen LogP) is -0.540. The van der Waals surface area contributed by atoms with Crippen LogP contribution in [0.25, 0.3) is 0 Å². The molecular weight excluding hydrogens is 167 g/mol. The van der Waals surface area contributed by atoms with E-state index >= 15 is 0 Å². The molecule has 13 heavy (non-hydrogen) atoms. The molecule has 1 saturated carbocycles. The van der Waals surface area contributed by atoms with E-state index in [2.05, 4.69) is 5.10 Å². The molecule has 0 aliphatic heterocycles. The van der Waals surface area contributed by atoms with Crippen molar-refractivity contribution >= 4 is 12.7 Å². The smallest absolute Gasteiger partial charge is 0.422 e.